The fourth-order valence-electron chi connectivity index (χ4n) is 3.38. The number of carbonyl (C=O) groups is 2. The number of likely N-dealkylation sites (tertiary alicyclic amines) is 1. The van der Waals surface area contributed by atoms with Crippen LogP contribution in [0.3, 0.4) is 0 Å². The number of amides is 2. The van der Waals surface area contributed by atoms with Gasteiger partial charge in [0.2, 0.25) is 11.8 Å². The van der Waals surface area contributed by atoms with E-state index in [-0.39, 0.29) is 23.8 Å². The van der Waals surface area contributed by atoms with Gasteiger partial charge in [-0.25, -0.2) is 0 Å². The molecule has 2 fully saturated rings. The second-order valence-corrected chi connectivity index (χ2v) is 7.22. The van der Waals surface area contributed by atoms with Crippen LogP contribution < -0.4 is 14.8 Å². The topological polar surface area (TPSA) is 67.9 Å². The number of hydrogen-bond donors (Lipinski definition) is 1. The van der Waals surface area contributed by atoms with Gasteiger partial charge in [0.25, 0.3) is 0 Å². The normalized spacial score (nSPS) is 20.8. The van der Waals surface area contributed by atoms with Crippen LogP contribution in [0.5, 0.6) is 11.5 Å². The molecule has 26 heavy (non-hydrogen) atoms. The number of hydrogen-bond acceptors (Lipinski definition) is 4. The number of benzene rings is 1. The Hall–Kier alpha value is -2.24. The molecule has 1 heterocycles. The third-order valence-electron chi connectivity index (χ3n) is 5.11. The van der Waals surface area contributed by atoms with Gasteiger partial charge in [0.05, 0.1) is 25.7 Å². The minimum Gasteiger partial charge on any atom is -0.493 e. The average Bonchev–Trinajstić information content (AvgIpc) is 3.37. The molecule has 1 aliphatic heterocycles. The van der Waals surface area contributed by atoms with Gasteiger partial charge in [0.15, 0.2) is 11.5 Å². The monoisotopic (exact) mass is 360 g/mol. The van der Waals surface area contributed by atoms with Crippen LogP contribution >= 0.6 is 0 Å². The summed E-state index contributed by atoms with van der Waals surface area (Å²) in [6.45, 7) is 5.78. The molecule has 1 saturated carbocycles. The lowest BCUT2D eigenvalue weighted by atomic mass is 10.0. The molecule has 6 nitrogen and oxygen atoms in total. The highest BCUT2D eigenvalue weighted by Crippen LogP contribution is 2.33. The number of rotatable bonds is 8. The van der Waals surface area contributed by atoms with Crippen molar-refractivity contribution in [3.63, 3.8) is 0 Å². The second-order valence-electron chi connectivity index (χ2n) is 7.22. The summed E-state index contributed by atoms with van der Waals surface area (Å²) < 4.78 is 10.9. The van der Waals surface area contributed by atoms with Crippen molar-refractivity contribution in [2.75, 3.05) is 26.8 Å². The summed E-state index contributed by atoms with van der Waals surface area (Å²) in [6, 6.07) is 5.50. The molecule has 1 aromatic carbocycles. The summed E-state index contributed by atoms with van der Waals surface area (Å²) in [6.07, 6.45) is 2.73. The number of ether oxygens (including phenoxy) is 2. The summed E-state index contributed by atoms with van der Waals surface area (Å²) in [5.41, 5.74) is 0.942. The van der Waals surface area contributed by atoms with Gasteiger partial charge in [-0.15, -0.1) is 0 Å². The summed E-state index contributed by atoms with van der Waals surface area (Å²) in [4.78, 5) is 26.6. The van der Waals surface area contributed by atoms with Crippen LogP contribution in [0.2, 0.25) is 0 Å². The Morgan fingerprint density at radius 2 is 2.12 bits per heavy atom. The molecule has 3 rings (SSSR count). The number of carbonyl (C=O) groups excluding carboxylic acids is 2. The standard InChI is InChI=1S/C20H28N2O4/c1-4-26-17-8-7-15(9-18(17)25-3)13(2)21-20(24)16-10-19(23)22(12-16)11-14-5-6-14/h7-9,13-14,16H,4-6,10-12H2,1-3H3,(H,21,24)/t13-,16-/m1/s1. The van der Waals surface area contributed by atoms with Gasteiger partial charge >= 0.3 is 0 Å². The smallest absolute Gasteiger partial charge is 0.225 e. The second kappa shape index (κ2) is 7.98. The molecule has 1 saturated heterocycles. The van der Waals surface area contributed by atoms with Crippen LogP contribution in [-0.2, 0) is 9.59 Å². The Kier molecular flexibility index (Phi) is 5.69. The van der Waals surface area contributed by atoms with Gasteiger partial charge in [-0.3, -0.25) is 9.59 Å². The maximum Gasteiger partial charge on any atom is 0.225 e. The first-order valence-corrected chi connectivity index (χ1v) is 9.40. The van der Waals surface area contributed by atoms with Crippen molar-refractivity contribution < 1.29 is 19.1 Å². The van der Waals surface area contributed by atoms with Gasteiger partial charge in [0.1, 0.15) is 0 Å². The molecule has 0 aromatic heterocycles. The summed E-state index contributed by atoms with van der Waals surface area (Å²) >= 11 is 0. The van der Waals surface area contributed by atoms with Gasteiger partial charge < -0.3 is 19.7 Å². The van der Waals surface area contributed by atoms with Crippen LogP contribution in [0.1, 0.15) is 44.7 Å². The van der Waals surface area contributed by atoms with Crippen LogP contribution in [-0.4, -0.2) is 43.5 Å². The minimum absolute atomic E-state index is 0.0583. The van der Waals surface area contributed by atoms with E-state index in [0.29, 0.717) is 37.0 Å². The lowest BCUT2D eigenvalue weighted by molar-refractivity contribution is -0.129. The first-order chi connectivity index (χ1) is 12.5. The number of nitrogens with one attached hydrogen (secondary N) is 1. The summed E-state index contributed by atoms with van der Waals surface area (Å²) in [5, 5.41) is 3.04. The molecule has 0 radical (unpaired) electrons. The molecule has 1 aliphatic carbocycles. The van der Waals surface area contributed by atoms with Crippen molar-refractivity contribution in [3.05, 3.63) is 23.8 Å². The van der Waals surface area contributed by atoms with Crippen LogP contribution in [0, 0.1) is 11.8 Å². The highest BCUT2D eigenvalue weighted by atomic mass is 16.5. The Morgan fingerprint density at radius 3 is 2.77 bits per heavy atom. The molecule has 2 atom stereocenters. The van der Waals surface area contributed by atoms with E-state index in [1.54, 1.807) is 7.11 Å². The summed E-state index contributed by atoms with van der Waals surface area (Å²) in [7, 11) is 1.60. The molecule has 2 aliphatic rings. The molecule has 1 aromatic rings. The zero-order valence-corrected chi connectivity index (χ0v) is 15.8. The first-order valence-electron chi connectivity index (χ1n) is 9.40. The summed E-state index contributed by atoms with van der Waals surface area (Å²) in [5.74, 6) is 1.78. The number of nitrogens with zero attached hydrogens (tertiary/aromatic N) is 1. The molecule has 0 unspecified atom stereocenters. The van der Waals surface area contributed by atoms with Crippen molar-refractivity contribution in [1.82, 2.24) is 10.2 Å². The lowest BCUT2D eigenvalue weighted by Gasteiger charge is -2.19. The van der Waals surface area contributed by atoms with Crippen molar-refractivity contribution in [2.24, 2.45) is 11.8 Å². The highest BCUT2D eigenvalue weighted by Gasteiger charge is 2.37. The van der Waals surface area contributed by atoms with Gasteiger partial charge in [0, 0.05) is 19.5 Å². The lowest BCUT2D eigenvalue weighted by Crippen LogP contribution is -2.35. The van der Waals surface area contributed by atoms with E-state index in [2.05, 4.69) is 5.32 Å². The molecule has 6 heteroatoms. The Bertz CT molecular complexity index is 672. The third-order valence-corrected chi connectivity index (χ3v) is 5.11. The van der Waals surface area contributed by atoms with Crippen molar-refractivity contribution >= 4 is 11.8 Å². The maximum absolute atomic E-state index is 12.6. The van der Waals surface area contributed by atoms with Crippen LogP contribution in [0.15, 0.2) is 18.2 Å². The largest absolute Gasteiger partial charge is 0.493 e. The Labute approximate surface area is 154 Å². The number of methoxy groups -OCH3 is 1. The average molecular weight is 360 g/mol. The molecule has 2 amide bonds. The van der Waals surface area contributed by atoms with Crippen molar-refractivity contribution in [2.45, 2.75) is 39.2 Å². The highest BCUT2D eigenvalue weighted by molar-refractivity contribution is 5.89. The quantitative estimate of drug-likeness (QED) is 0.774. The molecular weight excluding hydrogens is 332 g/mol. The van der Waals surface area contributed by atoms with E-state index >= 15 is 0 Å². The van der Waals surface area contributed by atoms with Crippen molar-refractivity contribution in [3.8, 4) is 11.5 Å². The van der Waals surface area contributed by atoms with Crippen molar-refractivity contribution in [1.29, 1.82) is 0 Å². The zero-order chi connectivity index (χ0) is 18.7. The predicted octanol–water partition coefficient (Wildman–Crippen LogP) is 2.53. The van der Waals surface area contributed by atoms with Gasteiger partial charge in [-0.2, -0.15) is 0 Å². The van der Waals surface area contributed by atoms with E-state index in [9.17, 15) is 9.59 Å². The van der Waals surface area contributed by atoms with Crippen LogP contribution in [0.4, 0.5) is 0 Å². The van der Waals surface area contributed by atoms with Gasteiger partial charge in [-0.1, -0.05) is 6.07 Å². The third kappa shape index (κ3) is 4.29. The van der Waals surface area contributed by atoms with E-state index in [4.69, 9.17) is 9.47 Å². The van der Waals surface area contributed by atoms with E-state index < -0.39 is 0 Å². The fourth-order valence-corrected chi connectivity index (χ4v) is 3.38. The predicted molar refractivity (Wildman–Crippen MR) is 98.1 cm³/mol. The van der Waals surface area contributed by atoms with E-state index in [0.717, 1.165) is 12.1 Å². The molecule has 1 N–H and O–H groups in total. The zero-order valence-electron chi connectivity index (χ0n) is 15.8. The Balaban J connectivity index is 1.59. The van der Waals surface area contributed by atoms with E-state index in [1.807, 2.05) is 36.9 Å². The Morgan fingerprint density at radius 1 is 1.35 bits per heavy atom. The maximum atomic E-state index is 12.6. The minimum atomic E-state index is -0.256. The first kappa shape index (κ1) is 18.5. The molecule has 142 valence electrons. The van der Waals surface area contributed by atoms with Gasteiger partial charge in [-0.05, 0) is 50.3 Å². The molecule has 0 bridgehead atoms. The van der Waals surface area contributed by atoms with E-state index in [1.165, 1.54) is 12.8 Å². The molecular formula is C20H28N2O4. The van der Waals surface area contributed by atoms with Crippen LogP contribution in [0.25, 0.3) is 0 Å². The fraction of sp³-hybridized carbons (Fsp3) is 0.600. The SMILES string of the molecule is CCOc1ccc([C@@H](C)NC(=O)[C@@H]2CC(=O)N(CC3CC3)C2)cc1OC. The molecule has 0 spiro atoms.